The van der Waals surface area contributed by atoms with E-state index in [9.17, 15) is 0 Å². The van der Waals surface area contributed by atoms with Gasteiger partial charge in [-0.2, -0.15) is 5.10 Å². The number of aromatic nitrogens is 2. The van der Waals surface area contributed by atoms with E-state index in [1.54, 1.807) is 18.8 Å². The van der Waals surface area contributed by atoms with Crippen molar-refractivity contribution in [2.24, 2.45) is 12.0 Å². The Morgan fingerprint density at radius 1 is 1.18 bits per heavy atom. The molecule has 8 nitrogen and oxygen atoms in total. The summed E-state index contributed by atoms with van der Waals surface area (Å²) in [7, 11) is 5.38. The third-order valence-electron chi connectivity index (χ3n) is 5.59. The molecule has 33 heavy (non-hydrogen) atoms. The maximum Gasteiger partial charge on any atom is 0.194 e. The number of morpholine rings is 1. The first kappa shape index (κ1) is 22.7. The first-order valence-corrected chi connectivity index (χ1v) is 11.1. The maximum atomic E-state index is 5.97. The largest absolute Gasteiger partial charge is 0.493 e. The van der Waals surface area contributed by atoms with Crippen molar-refractivity contribution in [2.45, 2.75) is 19.3 Å². The van der Waals surface area contributed by atoms with E-state index >= 15 is 0 Å². The van der Waals surface area contributed by atoms with Crippen LogP contribution in [0.15, 0.2) is 65.9 Å². The molecule has 174 valence electrons. The van der Waals surface area contributed by atoms with Crippen LogP contribution < -0.4 is 14.8 Å². The van der Waals surface area contributed by atoms with Crippen molar-refractivity contribution < 1.29 is 14.2 Å². The van der Waals surface area contributed by atoms with Crippen molar-refractivity contribution in [2.75, 3.05) is 33.9 Å². The molecule has 1 aromatic heterocycles. The highest BCUT2D eigenvalue weighted by Crippen LogP contribution is 2.29. The quantitative estimate of drug-likeness (QED) is 0.441. The van der Waals surface area contributed by atoms with Crippen LogP contribution in [0.3, 0.4) is 0 Å². The first-order chi connectivity index (χ1) is 16.2. The summed E-state index contributed by atoms with van der Waals surface area (Å²) >= 11 is 0. The fraction of sp³-hybridized carbons (Fsp3) is 0.360. The van der Waals surface area contributed by atoms with Crippen molar-refractivity contribution in [1.29, 1.82) is 0 Å². The van der Waals surface area contributed by atoms with Gasteiger partial charge < -0.3 is 24.4 Å². The van der Waals surface area contributed by atoms with Crippen LogP contribution in [0, 0.1) is 0 Å². The number of guanidine groups is 1. The maximum absolute atomic E-state index is 5.97. The molecule has 1 saturated heterocycles. The lowest BCUT2D eigenvalue weighted by Crippen LogP contribution is -2.47. The lowest BCUT2D eigenvalue weighted by atomic mass is 10.1. The molecule has 0 aliphatic carbocycles. The fourth-order valence-electron chi connectivity index (χ4n) is 3.84. The second-order valence-electron chi connectivity index (χ2n) is 7.91. The van der Waals surface area contributed by atoms with E-state index in [0.29, 0.717) is 25.5 Å². The Morgan fingerprint density at radius 2 is 2.03 bits per heavy atom. The molecule has 3 aromatic rings. The highest BCUT2D eigenvalue weighted by atomic mass is 16.5. The van der Waals surface area contributed by atoms with Gasteiger partial charge in [0, 0.05) is 38.9 Å². The minimum Gasteiger partial charge on any atom is -0.493 e. The molecular weight excluding hydrogens is 418 g/mol. The summed E-state index contributed by atoms with van der Waals surface area (Å²) in [4.78, 5) is 6.70. The van der Waals surface area contributed by atoms with Crippen LogP contribution in [0.4, 0.5) is 0 Å². The predicted octanol–water partition coefficient (Wildman–Crippen LogP) is 3.16. The number of aryl methyl sites for hydroxylation is 1. The zero-order valence-electron chi connectivity index (χ0n) is 19.4. The van der Waals surface area contributed by atoms with E-state index in [1.165, 1.54) is 0 Å². The van der Waals surface area contributed by atoms with Gasteiger partial charge in [-0.3, -0.25) is 9.67 Å². The third kappa shape index (κ3) is 5.84. The highest BCUT2D eigenvalue weighted by molar-refractivity contribution is 5.80. The predicted molar refractivity (Wildman–Crippen MR) is 127 cm³/mol. The van der Waals surface area contributed by atoms with Gasteiger partial charge in [0.2, 0.25) is 0 Å². The molecule has 8 heteroatoms. The van der Waals surface area contributed by atoms with Crippen molar-refractivity contribution in [3.63, 3.8) is 0 Å². The van der Waals surface area contributed by atoms with Gasteiger partial charge in [-0.05, 0) is 23.3 Å². The van der Waals surface area contributed by atoms with Gasteiger partial charge in [-0.1, -0.05) is 36.4 Å². The average molecular weight is 450 g/mol. The van der Waals surface area contributed by atoms with Crippen LogP contribution in [-0.4, -0.2) is 54.5 Å². The average Bonchev–Trinajstić information content (AvgIpc) is 3.30. The van der Waals surface area contributed by atoms with Crippen LogP contribution in [0.2, 0.25) is 0 Å². The van der Waals surface area contributed by atoms with E-state index in [2.05, 4.69) is 20.3 Å². The van der Waals surface area contributed by atoms with Gasteiger partial charge in [-0.15, -0.1) is 0 Å². The number of nitrogens with one attached hydrogen (secondary N) is 1. The Bertz CT molecular complexity index is 1070. The Hall–Kier alpha value is -3.52. The van der Waals surface area contributed by atoms with Crippen molar-refractivity contribution in [1.82, 2.24) is 20.0 Å². The van der Waals surface area contributed by atoms with Gasteiger partial charge >= 0.3 is 0 Å². The minimum absolute atomic E-state index is 0.0212. The lowest BCUT2D eigenvalue weighted by Gasteiger charge is -2.34. The van der Waals surface area contributed by atoms with Crippen LogP contribution in [-0.2, 0) is 24.9 Å². The van der Waals surface area contributed by atoms with Gasteiger partial charge in [0.05, 0.1) is 26.5 Å². The Labute approximate surface area is 194 Å². The number of hydrogen-bond donors (Lipinski definition) is 1. The van der Waals surface area contributed by atoms with Gasteiger partial charge in [0.25, 0.3) is 0 Å². The van der Waals surface area contributed by atoms with Crippen molar-refractivity contribution in [3.8, 4) is 11.5 Å². The zero-order valence-corrected chi connectivity index (χ0v) is 19.4. The van der Waals surface area contributed by atoms with Crippen LogP contribution in [0.25, 0.3) is 0 Å². The Morgan fingerprint density at radius 3 is 2.76 bits per heavy atom. The zero-order chi connectivity index (χ0) is 23.0. The van der Waals surface area contributed by atoms with Gasteiger partial charge in [0.15, 0.2) is 17.5 Å². The minimum atomic E-state index is -0.0212. The summed E-state index contributed by atoms with van der Waals surface area (Å²) in [5.41, 5.74) is 3.27. The normalized spacial score (nSPS) is 16.5. The van der Waals surface area contributed by atoms with Crippen LogP contribution >= 0.6 is 0 Å². The molecule has 0 saturated carbocycles. The molecule has 0 amide bonds. The van der Waals surface area contributed by atoms with E-state index in [1.807, 2.05) is 68.0 Å². The van der Waals surface area contributed by atoms with Gasteiger partial charge in [-0.25, -0.2) is 0 Å². The molecule has 1 aliphatic rings. The monoisotopic (exact) mass is 449 g/mol. The Balaban J connectivity index is 1.36. The molecule has 0 radical (unpaired) electrons. The summed E-state index contributed by atoms with van der Waals surface area (Å²) in [6, 6.07) is 16.1. The molecule has 0 spiro atoms. The molecule has 2 aromatic carbocycles. The lowest BCUT2D eigenvalue weighted by molar-refractivity contribution is -0.00805. The Kier molecular flexibility index (Phi) is 7.47. The topological polar surface area (TPSA) is 73.1 Å². The smallest absolute Gasteiger partial charge is 0.194 e. The standard InChI is InChI=1S/C25H31N5O3/c1-26-25(30-11-12-32-24(17-30)21-15-28-29(2)16-21)27-14-20-9-10-22(23(13-20)31-3)33-18-19-7-5-4-6-8-19/h4-10,13,15-16,24H,11-12,14,17-18H2,1-3H3,(H,26,27). The third-order valence-corrected chi connectivity index (χ3v) is 5.59. The van der Waals surface area contributed by atoms with Crippen LogP contribution in [0.5, 0.6) is 11.5 Å². The van der Waals surface area contributed by atoms with Crippen molar-refractivity contribution in [3.05, 3.63) is 77.6 Å². The summed E-state index contributed by atoms with van der Waals surface area (Å²) in [6.45, 7) is 3.27. The highest BCUT2D eigenvalue weighted by Gasteiger charge is 2.25. The van der Waals surface area contributed by atoms with Crippen molar-refractivity contribution >= 4 is 5.96 Å². The summed E-state index contributed by atoms with van der Waals surface area (Å²) in [5.74, 6) is 2.28. The number of benzene rings is 2. The number of aliphatic imine (C=N–C) groups is 1. The molecule has 0 bridgehead atoms. The summed E-state index contributed by atoms with van der Waals surface area (Å²) in [6.07, 6.45) is 3.84. The van der Waals surface area contributed by atoms with E-state index in [0.717, 1.165) is 41.5 Å². The number of nitrogens with zero attached hydrogens (tertiary/aromatic N) is 4. The molecule has 1 fully saturated rings. The van der Waals surface area contributed by atoms with Gasteiger partial charge in [0.1, 0.15) is 12.7 Å². The number of ether oxygens (including phenoxy) is 3. The number of methoxy groups -OCH3 is 1. The van der Waals surface area contributed by atoms with E-state index < -0.39 is 0 Å². The number of rotatable bonds is 7. The molecule has 1 aliphatic heterocycles. The second kappa shape index (κ2) is 10.9. The van der Waals surface area contributed by atoms with Crippen LogP contribution in [0.1, 0.15) is 22.8 Å². The molecule has 1 N–H and O–H groups in total. The SMILES string of the molecule is CN=C(NCc1ccc(OCc2ccccc2)c(OC)c1)N1CCOC(c2cnn(C)c2)C1. The molecule has 4 rings (SSSR count). The first-order valence-electron chi connectivity index (χ1n) is 11.1. The molecular formula is C25H31N5O3. The van der Waals surface area contributed by atoms with E-state index in [-0.39, 0.29) is 6.10 Å². The van der Waals surface area contributed by atoms with E-state index in [4.69, 9.17) is 14.2 Å². The molecule has 1 unspecified atom stereocenters. The molecule has 2 heterocycles. The second-order valence-corrected chi connectivity index (χ2v) is 7.91. The number of hydrogen-bond acceptors (Lipinski definition) is 5. The summed E-state index contributed by atoms with van der Waals surface area (Å²) in [5, 5.41) is 7.73. The molecule has 1 atom stereocenters. The fourth-order valence-corrected chi connectivity index (χ4v) is 3.84. The summed E-state index contributed by atoms with van der Waals surface area (Å²) < 4.78 is 19.3.